The molecule has 1 fully saturated rings. The molecule has 160 valence electrons. The van der Waals surface area contributed by atoms with E-state index in [0.29, 0.717) is 37.2 Å². The Labute approximate surface area is 190 Å². The topological polar surface area (TPSA) is 74.2 Å². The van der Waals surface area contributed by atoms with Crippen LogP contribution in [0.5, 0.6) is 5.75 Å². The summed E-state index contributed by atoms with van der Waals surface area (Å²) in [6, 6.07) is 7.34. The molecule has 0 saturated carbocycles. The van der Waals surface area contributed by atoms with Crippen molar-refractivity contribution in [2.75, 3.05) is 53.1 Å². The second-order valence-corrected chi connectivity index (χ2v) is 9.18. The molecule has 1 N–H and O–H groups in total. The average Bonchev–Trinajstić information content (AvgIpc) is 2.62. The Bertz CT molecular complexity index is 740. The Morgan fingerprint density at radius 2 is 2.07 bits per heavy atom. The Morgan fingerprint density at radius 3 is 2.64 bits per heavy atom. The maximum absolute atomic E-state index is 11.6. The van der Waals surface area contributed by atoms with Gasteiger partial charge >= 0.3 is 0 Å². The van der Waals surface area contributed by atoms with E-state index in [4.69, 9.17) is 16.3 Å². The summed E-state index contributed by atoms with van der Waals surface area (Å²) in [6.07, 6.45) is 2.99. The third kappa shape index (κ3) is 8.30. The molecule has 1 aliphatic rings. The van der Waals surface area contributed by atoms with Crippen molar-refractivity contribution >= 4 is 51.6 Å². The molecule has 0 bridgehead atoms. The first-order valence-electron chi connectivity index (χ1n) is 9.05. The zero-order valence-electron chi connectivity index (χ0n) is 16.6. The van der Waals surface area contributed by atoms with Gasteiger partial charge in [0.05, 0.1) is 12.8 Å². The maximum atomic E-state index is 11.6. The van der Waals surface area contributed by atoms with Gasteiger partial charge in [-0.1, -0.05) is 17.7 Å². The van der Waals surface area contributed by atoms with Gasteiger partial charge in [-0.05, 0) is 37.0 Å². The monoisotopic (exact) mass is 544 g/mol. The van der Waals surface area contributed by atoms with Gasteiger partial charge in [0, 0.05) is 38.8 Å². The zero-order valence-corrected chi connectivity index (χ0v) is 20.5. The molecule has 0 aromatic heterocycles. The number of piperidine rings is 1. The molecular formula is C18H30ClIN4O3S. The molecule has 0 unspecified atom stereocenters. The lowest BCUT2D eigenvalue weighted by atomic mass is 9.98. The van der Waals surface area contributed by atoms with Crippen LogP contribution in [0, 0.1) is 5.92 Å². The van der Waals surface area contributed by atoms with Crippen molar-refractivity contribution in [1.82, 2.24) is 14.5 Å². The Kier molecular flexibility index (Phi) is 10.9. The minimum absolute atomic E-state index is 0. The van der Waals surface area contributed by atoms with Crippen molar-refractivity contribution < 1.29 is 13.2 Å². The molecule has 10 heteroatoms. The van der Waals surface area contributed by atoms with Gasteiger partial charge in [-0.2, -0.15) is 0 Å². The van der Waals surface area contributed by atoms with Crippen molar-refractivity contribution in [3.8, 4) is 5.75 Å². The Morgan fingerprint density at radius 1 is 1.39 bits per heavy atom. The lowest BCUT2D eigenvalue weighted by Crippen LogP contribution is -2.45. The zero-order chi connectivity index (χ0) is 19.9. The predicted octanol–water partition coefficient (Wildman–Crippen LogP) is 2.52. The number of nitrogens with one attached hydrogen (secondary N) is 1. The van der Waals surface area contributed by atoms with Crippen LogP contribution in [0.2, 0.25) is 5.02 Å². The van der Waals surface area contributed by atoms with Gasteiger partial charge in [0.15, 0.2) is 5.96 Å². The highest BCUT2D eigenvalue weighted by molar-refractivity contribution is 14.0. The van der Waals surface area contributed by atoms with Crippen LogP contribution in [0.25, 0.3) is 0 Å². The van der Waals surface area contributed by atoms with Gasteiger partial charge in [-0.25, -0.2) is 12.7 Å². The normalized spacial score (nSPS) is 16.4. The second-order valence-electron chi connectivity index (χ2n) is 6.76. The summed E-state index contributed by atoms with van der Waals surface area (Å²) in [5.41, 5.74) is 0. The summed E-state index contributed by atoms with van der Waals surface area (Å²) in [6.45, 7) is 3.16. The highest BCUT2D eigenvalue weighted by atomic mass is 127. The van der Waals surface area contributed by atoms with Crippen molar-refractivity contribution in [3.05, 3.63) is 29.3 Å². The molecule has 1 heterocycles. The van der Waals surface area contributed by atoms with Gasteiger partial charge in [0.25, 0.3) is 0 Å². The van der Waals surface area contributed by atoms with E-state index >= 15 is 0 Å². The summed E-state index contributed by atoms with van der Waals surface area (Å²) < 4.78 is 30.4. The maximum Gasteiger partial charge on any atom is 0.211 e. The van der Waals surface area contributed by atoms with E-state index in [0.717, 1.165) is 31.1 Å². The average molecular weight is 545 g/mol. The van der Waals surface area contributed by atoms with Crippen LogP contribution < -0.4 is 10.1 Å². The van der Waals surface area contributed by atoms with Crippen LogP contribution in [0.1, 0.15) is 12.8 Å². The predicted molar refractivity (Wildman–Crippen MR) is 125 cm³/mol. The quantitative estimate of drug-likeness (QED) is 0.324. The van der Waals surface area contributed by atoms with Crippen LogP contribution in [0.3, 0.4) is 0 Å². The van der Waals surface area contributed by atoms with Crippen molar-refractivity contribution in [2.45, 2.75) is 12.8 Å². The summed E-state index contributed by atoms with van der Waals surface area (Å²) in [5.74, 6) is 1.99. The number of likely N-dealkylation sites (N-methyl/N-ethyl adjacent to an activating group) is 1. The van der Waals surface area contributed by atoms with E-state index in [1.54, 1.807) is 17.4 Å². The van der Waals surface area contributed by atoms with Crippen LogP contribution in [-0.2, 0) is 10.0 Å². The number of nitrogens with zero attached hydrogens (tertiary/aromatic N) is 3. The molecule has 1 aromatic rings. The molecule has 0 aliphatic carbocycles. The van der Waals surface area contributed by atoms with E-state index in [1.807, 2.05) is 30.1 Å². The van der Waals surface area contributed by atoms with E-state index in [-0.39, 0.29) is 24.0 Å². The highest BCUT2D eigenvalue weighted by Crippen LogP contribution is 2.18. The number of ether oxygens (including phenoxy) is 1. The lowest BCUT2D eigenvalue weighted by molar-refractivity contribution is 0.267. The molecule has 1 aromatic carbocycles. The molecule has 0 radical (unpaired) electrons. The van der Waals surface area contributed by atoms with Crippen LogP contribution >= 0.6 is 35.6 Å². The third-order valence-electron chi connectivity index (χ3n) is 4.66. The van der Waals surface area contributed by atoms with Gasteiger partial charge in [-0.15, -0.1) is 24.0 Å². The highest BCUT2D eigenvalue weighted by Gasteiger charge is 2.25. The fourth-order valence-electron chi connectivity index (χ4n) is 3.03. The summed E-state index contributed by atoms with van der Waals surface area (Å²) >= 11 is 5.95. The lowest BCUT2D eigenvalue weighted by Gasteiger charge is -2.31. The fourth-order valence-corrected chi connectivity index (χ4v) is 4.08. The van der Waals surface area contributed by atoms with E-state index in [1.165, 1.54) is 6.26 Å². The number of halogens is 2. The standard InChI is InChI=1S/C18H29ClN4O3S.HI/c1-20-18(21-14-15-7-9-23(10-8-15)27(3,24)25)22(2)11-12-26-17-6-4-5-16(19)13-17;/h4-6,13,15H,7-12,14H2,1-3H3,(H,20,21);1H. The number of sulfonamides is 1. The van der Waals surface area contributed by atoms with Gasteiger partial charge in [0.1, 0.15) is 12.4 Å². The van der Waals surface area contributed by atoms with Gasteiger partial charge < -0.3 is 15.0 Å². The molecule has 1 aliphatic heterocycles. The fraction of sp³-hybridized carbons (Fsp3) is 0.611. The van der Waals surface area contributed by atoms with Crippen LogP contribution in [-0.4, -0.2) is 76.7 Å². The molecule has 28 heavy (non-hydrogen) atoms. The first-order chi connectivity index (χ1) is 12.8. The third-order valence-corrected chi connectivity index (χ3v) is 6.19. The Hall–Kier alpha value is -0.780. The van der Waals surface area contributed by atoms with Crippen molar-refractivity contribution in [2.24, 2.45) is 10.9 Å². The number of hydrogen-bond acceptors (Lipinski definition) is 4. The minimum atomic E-state index is -3.08. The number of aliphatic imine (C=N–C) groups is 1. The van der Waals surface area contributed by atoms with E-state index in [2.05, 4.69) is 10.3 Å². The molecule has 1 saturated heterocycles. The molecular weight excluding hydrogens is 515 g/mol. The van der Waals surface area contributed by atoms with Crippen LogP contribution in [0.4, 0.5) is 0 Å². The van der Waals surface area contributed by atoms with Gasteiger partial charge in [-0.3, -0.25) is 4.99 Å². The number of benzene rings is 1. The SMILES string of the molecule is CN=C(NCC1CCN(S(C)(=O)=O)CC1)N(C)CCOc1cccc(Cl)c1.I. The molecule has 7 nitrogen and oxygen atoms in total. The molecule has 0 atom stereocenters. The van der Waals surface area contributed by atoms with E-state index in [9.17, 15) is 8.42 Å². The van der Waals surface area contributed by atoms with Crippen molar-refractivity contribution in [3.63, 3.8) is 0 Å². The largest absolute Gasteiger partial charge is 0.492 e. The molecule has 2 rings (SSSR count). The Balaban J connectivity index is 0.00000392. The summed E-state index contributed by atoms with van der Waals surface area (Å²) in [4.78, 5) is 6.32. The minimum Gasteiger partial charge on any atom is -0.492 e. The van der Waals surface area contributed by atoms with E-state index < -0.39 is 10.0 Å². The summed E-state index contributed by atoms with van der Waals surface area (Å²) in [5, 5.41) is 4.03. The molecule has 0 spiro atoms. The first-order valence-corrected chi connectivity index (χ1v) is 11.3. The van der Waals surface area contributed by atoms with Gasteiger partial charge in [0.2, 0.25) is 10.0 Å². The number of rotatable bonds is 7. The second kappa shape index (κ2) is 12.0. The number of guanidine groups is 1. The molecule has 0 amide bonds. The van der Waals surface area contributed by atoms with Crippen molar-refractivity contribution in [1.29, 1.82) is 0 Å². The van der Waals surface area contributed by atoms with Crippen LogP contribution in [0.15, 0.2) is 29.3 Å². The smallest absolute Gasteiger partial charge is 0.211 e. The first kappa shape index (κ1) is 25.3. The number of hydrogen-bond donors (Lipinski definition) is 1. The summed E-state index contributed by atoms with van der Waals surface area (Å²) in [7, 11) is 0.638.